The molecule has 1 aromatic carbocycles. The van der Waals surface area contributed by atoms with Gasteiger partial charge in [-0.25, -0.2) is 4.98 Å². The molecule has 1 aromatic heterocycles. The molecule has 4 nitrogen and oxygen atoms in total. The summed E-state index contributed by atoms with van der Waals surface area (Å²) in [6, 6.07) is 8.35. The molecule has 0 spiro atoms. The van der Waals surface area contributed by atoms with Crippen LogP contribution in [0.3, 0.4) is 0 Å². The van der Waals surface area contributed by atoms with Gasteiger partial charge in [-0.15, -0.1) is 11.3 Å². The Labute approximate surface area is 160 Å². The summed E-state index contributed by atoms with van der Waals surface area (Å²) in [5.41, 5.74) is 1.09. The molecule has 3 atom stereocenters. The standard InChI is InChI=1S/C21H29N3OS/c1-15-10-16(2)12-23(11-15)14-20(25)24-9-5-6-17(13-24)21-22-18-7-3-4-8-19(18)26-21/h3-4,7-8,15-17H,5-6,9-14H2,1-2H3/p+1/t15-,16-,17-/m0/s1. The van der Waals surface area contributed by atoms with Crippen molar-refractivity contribution in [2.24, 2.45) is 11.8 Å². The van der Waals surface area contributed by atoms with E-state index < -0.39 is 0 Å². The average Bonchev–Trinajstić information content (AvgIpc) is 3.05. The molecule has 2 saturated heterocycles. The smallest absolute Gasteiger partial charge is 0.277 e. The summed E-state index contributed by atoms with van der Waals surface area (Å²) >= 11 is 1.80. The van der Waals surface area contributed by atoms with Crippen molar-refractivity contribution >= 4 is 27.5 Å². The van der Waals surface area contributed by atoms with E-state index in [1.165, 1.54) is 21.0 Å². The Morgan fingerprint density at radius 1 is 1.27 bits per heavy atom. The van der Waals surface area contributed by atoms with Crippen molar-refractivity contribution in [2.75, 3.05) is 32.7 Å². The zero-order valence-electron chi connectivity index (χ0n) is 15.9. The molecule has 3 heterocycles. The molecule has 2 aliphatic heterocycles. The number of carbonyl (C=O) groups excluding carboxylic acids is 1. The molecule has 2 aliphatic rings. The van der Waals surface area contributed by atoms with Crippen molar-refractivity contribution in [3.05, 3.63) is 29.3 Å². The molecule has 0 unspecified atom stereocenters. The zero-order valence-corrected chi connectivity index (χ0v) is 16.7. The normalized spacial score (nSPS) is 29.8. The lowest BCUT2D eigenvalue weighted by Gasteiger charge is -2.35. The second-order valence-corrected chi connectivity index (χ2v) is 9.54. The Morgan fingerprint density at radius 2 is 2.04 bits per heavy atom. The number of carbonyl (C=O) groups is 1. The van der Waals surface area contributed by atoms with Crippen molar-refractivity contribution in [1.82, 2.24) is 9.88 Å². The van der Waals surface area contributed by atoms with E-state index in [0.717, 1.165) is 56.4 Å². The molecular weight excluding hydrogens is 342 g/mol. The van der Waals surface area contributed by atoms with Crippen molar-refractivity contribution in [3.8, 4) is 0 Å². The van der Waals surface area contributed by atoms with Crippen LogP contribution in [0.5, 0.6) is 0 Å². The van der Waals surface area contributed by atoms with Gasteiger partial charge >= 0.3 is 0 Å². The third kappa shape index (κ3) is 3.94. The maximum Gasteiger partial charge on any atom is 0.277 e. The number of amides is 1. The fourth-order valence-corrected chi connectivity index (χ4v) is 5.96. The summed E-state index contributed by atoms with van der Waals surface area (Å²) in [4.78, 5) is 21.3. The van der Waals surface area contributed by atoms with Gasteiger partial charge < -0.3 is 9.80 Å². The molecule has 0 radical (unpaired) electrons. The number of fused-ring (bicyclic) bond motifs is 1. The summed E-state index contributed by atoms with van der Waals surface area (Å²) in [5.74, 6) is 2.21. The van der Waals surface area contributed by atoms with E-state index in [4.69, 9.17) is 4.98 Å². The van der Waals surface area contributed by atoms with Crippen LogP contribution < -0.4 is 4.90 Å². The zero-order chi connectivity index (χ0) is 18.1. The Bertz CT molecular complexity index is 730. The van der Waals surface area contributed by atoms with E-state index >= 15 is 0 Å². The molecule has 2 aromatic rings. The summed E-state index contributed by atoms with van der Waals surface area (Å²) < 4.78 is 1.26. The molecule has 0 aliphatic carbocycles. The predicted octanol–water partition coefficient (Wildman–Crippen LogP) is 2.56. The van der Waals surface area contributed by atoms with Crippen LogP contribution in [0, 0.1) is 11.8 Å². The lowest BCUT2D eigenvalue weighted by molar-refractivity contribution is -0.904. The van der Waals surface area contributed by atoms with Gasteiger partial charge in [0.25, 0.3) is 5.91 Å². The summed E-state index contributed by atoms with van der Waals surface area (Å²) in [7, 11) is 0. The molecular formula is C21H30N3OS+. The molecule has 1 N–H and O–H groups in total. The summed E-state index contributed by atoms with van der Waals surface area (Å²) in [6.45, 7) is 9.36. The minimum absolute atomic E-state index is 0.340. The van der Waals surface area contributed by atoms with Crippen molar-refractivity contribution in [3.63, 3.8) is 0 Å². The number of thiazole rings is 1. The Balaban J connectivity index is 1.40. The summed E-state index contributed by atoms with van der Waals surface area (Å²) in [5, 5.41) is 1.20. The minimum atomic E-state index is 0.340. The van der Waals surface area contributed by atoms with E-state index in [0.29, 0.717) is 18.4 Å². The van der Waals surface area contributed by atoms with Crippen molar-refractivity contribution < 1.29 is 9.69 Å². The van der Waals surface area contributed by atoms with Crippen LogP contribution in [0.2, 0.25) is 0 Å². The van der Waals surface area contributed by atoms with Gasteiger partial charge in [0.2, 0.25) is 0 Å². The maximum atomic E-state index is 12.9. The summed E-state index contributed by atoms with van der Waals surface area (Å²) in [6.07, 6.45) is 3.55. The SMILES string of the molecule is C[C@H]1C[C@H](C)C[NH+](CC(=O)N2CCC[C@H](c3nc4ccccc4s3)C2)C1. The van der Waals surface area contributed by atoms with Crippen LogP contribution in [-0.2, 0) is 4.79 Å². The first-order chi connectivity index (χ1) is 12.6. The van der Waals surface area contributed by atoms with Gasteiger partial charge in [0.15, 0.2) is 6.54 Å². The number of para-hydroxylation sites is 1. The van der Waals surface area contributed by atoms with E-state index in [-0.39, 0.29) is 0 Å². The lowest BCUT2D eigenvalue weighted by Crippen LogP contribution is -3.15. The number of nitrogens with zero attached hydrogens (tertiary/aromatic N) is 2. The number of hydrogen-bond donors (Lipinski definition) is 1. The minimum Gasteiger partial charge on any atom is -0.337 e. The van der Waals surface area contributed by atoms with Crippen LogP contribution in [0.15, 0.2) is 24.3 Å². The third-order valence-corrected chi connectivity index (χ3v) is 7.11. The molecule has 2 fully saturated rings. The van der Waals surface area contributed by atoms with Crippen LogP contribution >= 0.6 is 11.3 Å². The third-order valence-electron chi connectivity index (χ3n) is 5.91. The Morgan fingerprint density at radius 3 is 2.81 bits per heavy atom. The highest BCUT2D eigenvalue weighted by atomic mass is 32.1. The number of nitrogens with one attached hydrogen (secondary N) is 1. The lowest BCUT2D eigenvalue weighted by atomic mass is 9.92. The fourth-order valence-electron chi connectivity index (χ4n) is 4.86. The second-order valence-electron chi connectivity index (χ2n) is 8.48. The molecule has 140 valence electrons. The van der Waals surface area contributed by atoms with E-state index in [9.17, 15) is 4.79 Å². The first kappa shape index (κ1) is 17.9. The quantitative estimate of drug-likeness (QED) is 0.899. The van der Waals surface area contributed by atoms with Gasteiger partial charge in [-0.1, -0.05) is 26.0 Å². The Hall–Kier alpha value is -1.46. The van der Waals surface area contributed by atoms with Gasteiger partial charge in [-0.05, 0) is 31.4 Å². The number of rotatable bonds is 3. The largest absolute Gasteiger partial charge is 0.337 e. The Kier molecular flexibility index (Phi) is 5.28. The molecule has 26 heavy (non-hydrogen) atoms. The van der Waals surface area contributed by atoms with Crippen LogP contribution in [0.1, 0.15) is 44.0 Å². The number of benzene rings is 1. The van der Waals surface area contributed by atoms with E-state index in [1.807, 2.05) is 6.07 Å². The van der Waals surface area contributed by atoms with Gasteiger partial charge in [0.05, 0.1) is 28.3 Å². The van der Waals surface area contributed by atoms with Crippen molar-refractivity contribution in [1.29, 1.82) is 0 Å². The molecule has 0 bridgehead atoms. The van der Waals surface area contributed by atoms with E-state index in [2.05, 4.69) is 36.9 Å². The van der Waals surface area contributed by atoms with Crippen LogP contribution in [0.4, 0.5) is 0 Å². The highest BCUT2D eigenvalue weighted by molar-refractivity contribution is 7.18. The van der Waals surface area contributed by atoms with Crippen molar-refractivity contribution in [2.45, 2.75) is 39.0 Å². The van der Waals surface area contributed by atoms with Crippen LogP contribution in [-0.4, -0.2) is 48.5 Å². The first-order valence-corrected chi connectivity index (χ1v) is 10.9. The average molecular weight is 373 g/mol. The van der Waals surface area contributed by atoms with Gasteiger partial charge in [-0.2, -0.15) is 0 Å². The number of hydrogen-bond acceptors (Lipinski definition) is 3. The maximum absolute atomic E-state index is 12.9. The van der Waals surface area contributed by atoms with Gasteiger partial charge in [0, 0.05) is 30.8 Å². The van der Waals surface area contributed by atoms with Gasteiger partial charge in [-0.3, -0.25) is 4.79 Å². The van der Waals surface area contributed by atoms with Gasteiger partial charge in [0.1, 0.15) is 0 Å². The highest BCUT2D eigenvalue weighted by Gasteiger charge is 2.31. The topological polar surface area (TPSA) is 37.6 Å². The van der Waals surface area contributed by atoms with E-state index in [1.54, 1.807) is 11.3 Å². The first-order valence-electron chi connectivity index (χ1n) is 10.1. The molecule has 0 saturated carbocycles. The fraction of sp³-hybridized carbons (Fsp3) is 0.619. The molecule has 5 heteroatoms. The number of piperidine rings is 2. The number of quaternary nitrogens is 1. The molecule has 1 amide bonds. The monoisotopic (exact) mass is 372 g/mol. The number of likely N-dealkylation sites (tertiary alicyclic amines) is 2. The second kappa shape index (κ2) is 7.65. The molecule has 4 rings (SSSR count). The number of aromatic nitrogens is 1. The van der Waals surface area contributed by atoms with Crippen LogP contribution in [0.25, 0.3) is 10.2 Å². The highest BCUT2D eigenvalue weighted by Crippen LogP contribution is 2.32. The predicted molar refractivity (Wildman–Crippen MR) is 107 cm³/mol.